The van der Waals surface area contributed by atoms with E-state index in [-0.39, 0.29) is 23.8 Å². The van der Waals surface area contributed by atoms with Gasteiger partial charge in [-0.1, -0.05) is 18.2 Å². The molecule has 11 heteroatoms. The Morgan fingerprint density at radius 2 is 1.73 bits per heavy atom. The van der Waals surface area contributed by atoms with Gasteiger partial charge < -0.3 is 15.0 Å². The molecule has 192 valence electrons. The molecule has 1 saturated heterocycles. The van der Waals surface area contributed by atoms with E-state index in [1.165, 1.54) is 48.4 Å². The van der Waals surface area contributed by atoms with Crippen LogP contribution in [-0.2, 0) is 22.3 Å². The Labute approximate surface area is 215 Å². The number of anilines is 2. The average Bonchev–Trinajstić information content (AvgIpc) is 3.09. The molecule has 0 bridgehead atoms. The molecule has 0 radical (unpaired) electrons. The number of hydrogen-bond acceptors (Lipinski definition) is 4. The van der Waals surface area contributed by atoms with Crippen molar-refractivity contribution in [2.24, 2.45) is 0 Å². The smallest absolute Gasteiger partial charge is 0.416 e. The Kier molecular flexibility index (Phi) is 7.44. The molecule has 1 aliphatic heterocycles. The first-order chi connectivity index (χ1) is 17.6. The van der Waals surface area contributed by atoms with E-state index in [0.717, 1.165) is 22.6 Å². The molecule has 0 spiro atoms. The van der Waals surface area contributed by atoms with Crippen LogP contribution in [0.2, 0.25) is 0 Å². The predicted octanol–water partition coefficient (Wildman–Crippen LogP) is 5.38. The van der Waals surface area contributed by atoms with Crippen LogP contribution in [0.25, 0.3) is 0 Å². The normalized spacial score (nSPS) is 15.8. The zero-order chi connectivity index (χ0) is 26.7. The van der Waals surface area contributed by atoms with Gasteiger partial charge in [-0.2, -0.15) is 13.2 Å². The topological polar surface area (TPSA) is 61.9 Å². The number of alkyl halides is 3. The molecule has 0 aromatic heterocycles. The summed E-state index contributed by atoms with van der Waals surface area (Å²) in [7, 11) is 1.52. The highest BCUT2D eigenvalue weighted by Gasteiger charge is 2.44. The largest absolute Gasteiger partial charge is 0.497 e. The van der Waals surface area contributed by atoms with Crippen molar-refractivity contribution < 1.29 is 31.9 Å². The zero-order valence-electron chi connectivity index (χ0n) is 19.5. The second-order valence-corrected chi connectivity index (χ2v) is 8.62. The SMILES string of the molecule is COc1ccc(CN2C(=S)N(c3cccc(C(F)(F)F)c3)C(=O)C2CC(=O)Nc2ccc(F)cc2)cc1. The lowest BCUT2D eigenvalue weighted by atomic mass is 10.1. The van der Waals surface area contributed by atoms with Gasteiger partial charge in [-0.15, -0.1) is 0 Å². The molecule has 6 nitrogen and oxygen atoms in total. The molecule has 1 aliphatic rings. The second kappa shape index (κ2) is 10.6. The Bertz CT molecular complexity index is 1310. The number of carbonyl (C=O) groups excluding carboxylic acids is 2. The predicted molar refractivity (Wildman–Crippen MR) is 133 cm³/mol. The number of methoxy groups -OCH3 is 1. The lowest BCUT2D eigenvalue weighted by molar-refractivity contribution is -0.137. The lowest BCUT2D eigenvalue weighted by Gasteiger charge is -2.24. The van der Waals surface area contributed by atoms with E-state index in [1.54, 1.807) is 24.3 Å². The average molecular weight is 532 g/mol. The van der Waals surface area contributed by atoms with Gasteiger partial charge in [-0.25, -0.2) is 4.39 Å². The van der Waals surface area contributed by atoms with Crippen molar-refractivity contribution in [3.05, 3.63) is 89.7 Å². The molecule has 1 fully saturated rings. The summed E-state index contributed by atoms with van der Waals surface area (Å²) in [6.07, 6.45) is -4.94. The van der Waals surface area contributed by atoms with Crippen LogP contribution in [0.15, 0.2) is 72.8 Å². The van der Waals surface area contributed by atoms with Crippen LogP contribution < -0.4 is 15.0 Å². The van der Waals surface area contributed by atoms with Crippen LogP contribution in [0.4, 0.5) is 28.9 Å². The number of nitrogens with zero attached hydrogens (tertiary/aromatic N) is 2. The maximum absolute atomic E-state index is 13.5. The number of ether oxygens (including phenoxy) is 1. The first-order valence-corrected chi connectivity index (χ1v) is 11.5. The van der Waals surface area contributed by atoms with E-state index < -0.39 is 35.4 Å². The molecule has 3 aromatic carbocycles. The Morgan fingerprint density at radius 1 is 1.05 bits per heavy atom. The van der Waals surface area contributed by atoms with E-state index >= 15 is 0 Å². The van der Waals surface area contributed by atoms with Crippen LogP contribution >= 0.6 is 12.2 Å². The van der Waals surface area contributed by atoms with Crippen molar-refractivity contribution in [2.75, 3.05) is 17.3 Å². The maximum atomic E-state index is 13.5. The van der Waals surface area contributed by atoms with Crippen molar-refractivity contribution in [2.45, 2.75) is 25.2 Å². The zero-order valence-corrected chi connectivity index (χ0v) is 20.3. The first kappa shape index (κ1) is 26.1. The summed E-state index contributed by atoms with van der Waals surface area (Å²) < 4.78 is 58.3. The number of nitrogens with one attached hydrogen (secondary N) is 1. The third-order valence-corrected chi connectivity index (χ3v) is 6.19. The van der Waals surface area contributed by atoms with E-state index in [9.17, 15) is 27.2 Å². The van der Waals surface area contributed by atoms with E-state index in [1.807, 2.05) is 0 Å². The van der Waals surface area contributed by atoms with Gasteiger partial charge in [0.25, 0.3) is 5.91 Å². The van der Waals surface area contributed by atoms with Gasteiger partial charge in [0.2, 0.25) is 5.91 Å². The molecule has 1 atom stereocenters. The molecule has 1 unspecified atom stereocenters. The summed E-state index contributed by atoms with van der Waals surface area (Å²) >= 11 is 5.53. The summed E-state index contributed by atoms with van der Waals surface area (Å²) in [4.78, 5) is 28.8. The number of carbonyl (C=O) groups is 2. The van der Waals surface area contributed by atoms with Gasteiger partial charge in [-0.3, -0.25) is 14.5 Å². The van der Waals surface area contributed by atoms with E-state index in [2.05, 4.69) is 5.32 Å². The fourth-order valence-electron chi connectivity index (χ4n) is 3.92. The van der Waals surface area contributed by atoms with Gasteiger partial charge in [0.15, 0.2) is 5.11 Å². The minimum atomic E-state index is -4.61. The minimum Gasteiger partial charge on any atom is -0.497 e. The van der Waals surface area contributed by atoms with Crippen molar-refractivity contribution in [1.29, 1.82) is 0 Å². The van der Waals surface area contributed by atoms with Crippen molar-refractivity contribution in [1.82, 2.24) is 4.90 Å². The number of hydrogen-bond donors (Lipinski definition) is 1. The molecule has 0 saturated carbocycles. The standard InChI is InChI=1S/C26H21F4N3O3S/c1-36-21-11-5-16(6-12-21)15-32-22(14-23(34)31-19-9-7-18(27)8-10-19)24(35)33(25(32)37)20-4-2-3-17(13-20)26(28,29)30/h2-13,22H,14-15H2,1H3,(H,31,34). The monoisotopic (exact) mass is 531 g/mol. The molecule has 1 N–H and O–H groups in total. The highest BCUT2D eigenvalue weighted by atomic mass is 32.1. The Balaban J connectivity index is 1.63. The fourth-order valence-corrected chi connectivity index (χ4v) is 4.31. The van der Waals surface area contributed by atoms with Crippen LogP contribution in [0.5, 0.6) is 5.75 Å². The van der Waals surface area contributed by atoms with E-state index in [0.29, 0.717) is 11.4 Å². The number of benzene rings is 3. The summed E-state index contributed by atoms with van der Waals surface area (Å²) in [6.45, 7) is 0.124. The van der Waals surface area contributed by atoms with Crippen molar-refractivity contribution in [3.8, 4) is 5.75 Å². The summed E-state index contributed by atoms with van der Waals surface area (Å²) in [5, 5.41) is 2.57. The van der Waals surface area contributed by atoms with Gasteiger partial charge in [0.05, 0.1) is 24.8 Å². The number of rotatable bonds is 7. The second-order valence-electron chi connectivity index (χ2n) is 8.26. The molecule has 4 rings (SSSR count). The van der Waals surface area contributed by atoms with Crippen molar-refractivity contribution >= 4 is 40.5 Å². The third kappa shape index (κ3) is 5.88. The molecule has 3 aromatic rings. The highest BCUT2D eigenvalue weighted by Crippen LogP contribution is 2.34. The lowest BCUT2D eigenvalue weighted by Crippen LogP contribution is -2.37. The summed E-state index contributed by atoms with van der Waals surface area (Å²) in [6, 6.07) is 15.3. The van der Waals surface area contributed by atoms with Gasteiger partial charge in [-0.05, 0) is 72.4 Å². The number of halogens is 4. The Morgan fingerprint density at radius 3 is 2.35 bits per heavy atom. The van der Waals surface area contributed by atoms with Crippen LogP contribution in [0.3, 0.4) is 0 Å². The molecule has 1 heterocycles. The molecule has 37 heavy (non-hydrogen) atoms. The van der Waals surface area contributed by atoms with Crippen LogP contribution in [0.1, 0.15) is 17.5 Å². The molecular formula is C26H21F4N3O3S. The van der Waals surface area contributed by atoms with Crippen LogP contribution in [-0.4, -0.2) is 35.0 Å². The highest BCUT2D eigenvalue weighted by molar-refractivity contribution is 7.80. The number of thiocarbonyl (C=S) groups is 1. The van der Waals surface area contributed by atoms with Gasteiger partial charge in [0.1, 0.15) is 17.6 Å². The molecule has 2 amide bonds. The molecule has 0 aliphatic carbocycles. The minimum absolute atomic E-state index is 0.0280. The summed E-state index contributed by atoms with van der Waals surface area (Å²) in [5.74, 6) is -1.04. The first-order valence-electron chi connectivity index (χ1n) is 11.1. The summed E-state index contributed by atoms with van der Waals surface area (Å²) in [5.41, 5.74) is 0.0902. The van der Waals surface area contributed by atoms with Gasteiger partial charge >= 0.3 is 6.18 Å². The number of amides is 2. The molecular weight excluding hydrogens is 510 g/mol. The third-order valence-electron chi connectivity index (χ3n) is 5.77. The van der Waals surface area contributed by atoms with Crippen LogP contribution in [0, 0.1) is 5.82 Å². The fraction of sp³-hybridized carbons (Fsp3) is 0.192. The van der Waals surface area contributed by atoms with Crippen molar-refractivity contribution in [3.63, 3.8) is 0 Å². The Hall–Kier alpha value is -3.99. The van der Waals surface area contributed by atoms with E-state index in [4.69, 9.17) is 17.0 Å². The quantitative estimate of drug-likeness (QED) is 0.328. The maximum Gasteiger partial charge on any atom is 0.416 e. The van der Waals surface area contributed by atoms with Gasteiger partial charge in [0, 0.05) is 12.2 Å².